The van der Waals surface area contributed by atoms with E-state index >= 15 is 0 Å². The number of aryl methyl sites for hydroxylation is 1. The summed E-state index contributed by atoms with van der Waals surface area (Å²) >= 11 is 0. The number of carbonyl (C=O) groups is 1. The van der Waals surface area contributed by atoms with Crippen molar-refractivity contribution >= 4 is 13.7 Å². The molecule has 15 nitrogen and oxygen atoms in total. The molecule has 5 atom stereocenters. The van der Waals surface area contributed by atoms with Crippen molar-refractivity contribution in [3.05, 3.63) is 72.9 Å². The average molecular weight is 523 g/mol. The van der Waals surface area contributed by atoms with Gasteiger partial charge in [0.25, 0.3) is 5.56 Å². The first-order chi connectivity index (χ1) is 17.0. The quantitative estimate of drug-likeness (QED) is 0.127. The van der Waals surface area contributed by atoms with E-state index in [2.05, 4.69) is 25.4 Å². The molecule has 1 aliphatic heterocycles. The Labute approximate surface area is 204 Å². The fraction of sp³-hybridized carbons (Fsp3) is 0.450. The van der Waals surface area contributed by atoms with Gasteiger partial charge in [-0.05, 0) is 36.6 Å². The number of benzene rings is 1. The molecule has 16 heteroatoms. The number of nitrogens with zero attached hydrogens (tertiary/aromatic N) is 4. The zero-order valence-electron chi connectivity index (χ0n) is 19.4. The van der Waals surface area contributed by atoms with Crippen LogP contribution in [0.1, 0.15) is 23.8 Å². The molecular weight excluding hydrogens is 497 g/mol. The standard InChI is InChI=1S/C20H26N7O8P/c1-11-9-27(20(31)23-18(11)29)17-8-14(24-26-21)16(35-17)10-34-36(32,33)25-15(19(30)22-2)7-12-3-5-13(28)6-4-12/h3-6,9,14-17,28H,7-8,10H2,1-2H3,(H,22,30)(H,23,29,31)(H2,25,32,33)/t14-,15-,16+,17+/m0/s1. The Hall–Kier alpha value is -3.45. The summed E-state index contributed by atoms with van der Waals surface area (Å²) in [7, 11) is -3.20. The van der Waals surface area contributed by atoms with E-state index in [1.807, 2.05) is 0 Å². The maximum atomic E-state index is 12.7. The summed E-state index contributed by atoms with van der Waals surface area (Å²) in [6.45, 7) is 1.00. The highest BCUT2D eigenvalue weighted by Crippen LogP contribution is 2.40. The third kappa shape index (κ3) is 6.82. The van der Waals surface area contributed by atoms with Gasteiger partial charge in [-0.2, -0.15) is 0 Å². The van der Waals surface area contributed by atoms with Crippen molar-refractivity contribution in [1.82, 2.24) is 20.0 Å². The highest BCUT2D eigenvalue weighted by molar-refractivity contribution is 7.50. The van der Waals surface area contributed by atoms with Crippen LogP contribution in [0.25, 0.3) is 10.4 Å². The second kappa shape index (κ2) is 11.5. The molecular formula is C20H26N7O8P. The fourth-order valence-electron chi connectivity index (χ4n) is 3.67. The van der Waals surface area contributed by atoms with Crippen molar-refractivity contribution < 1.29 is 28.6 Å². The molecule has 2 aromatic rings. The minimum Gasteiger partial charge on any atom is -0.508 e. The van der Waals surface area contributed by atoms with Gasteiger partial charge in [0.2, 0.25) is 5.91 Å². The monoisotopic (exact) mass is 523 g/mol. The van der Waals surface area contributed by atoms with Crippen molar-refractivity contribution in [3.8, 4) is 5.75 Å². The van der Waals surface area contributed by atoms with E-state index in [-0.39, 0.29) is 24.2 Å². The number of phenolic OH excluding ortho intramolecular Hbond substituents is 1. The molecule has 0 radical (unpaired) electrons. The predicted octanol–water partition coefficient (Wildman–Crippen LogP) is 0.581. The van der Waals surface area contributed by atoms with Gasteiger partial charge in [0.05, 0.1) is 18.8 Å². The van der Waals surface area contributed by atoms with Gasteiger partial charge in [0, 0.05) is 30.1 Å². The van der Waals surface area contributed by atoms with Crippen LogP contribution in [0.15, 0.2) is 45.2 Å². The van der Waals surface area contributed by atoms with Crippen LogP contribution < -0.4 is 21.7 Å². The van der Waals surface area contributed by atoms with Crippen molar-refractivity contribution in [2.24, 2.45) is 5.11 Å². The van der Waals surface area contributed by atoms with Gasteiger partial charge in [0.15, 0.2) is 0 Å². The zero-order chi connectivity index (χ0) is 26.5. The third-order valence-electron chi connectivity index (χ3n) is 5.53. The Kier molecular flexibility index (Phi) is 8.69. The SMILES string of the molecule is CNC(=O)[C@H](Cc1ccc(O)cc1)NP(=O)(O)OC[C@H]1O[C@@H](n2cc(C)c(=O)[nH]c2=O)C[C@@H]1N=[N+]=[N-]. The largest absolute Gasteiger partial charge is 0.508 e. The minimum atomic E-state index is -4.57. The first kappa shape index (κ1) is 27.1. The van der Waals surface area contributed by atoms with E-state index in [1.54, 1.807) is 12.1 Å². The smallest absolute Gasteiger partial charge is 0.403 e. The van der Waals surface area contributed by atoms with E-state index in [0.717, 1.165) is 4.57 Å². The maximum absolute atomic E-state index is 12.7. The number of likely N-dealkylation sites (N-methyl/N-ethyl adjacent to an activating group) is 1. The lowest BCUT2D eigenvalue weighted by Gasteiger charge is -2.23. The van der Waals surface area contributed by atoms with Crippen LogP contribution in [0, 0.1) is 6.92 Å². The Morgan fingerprint density at radius 1 is 1.42 bits per heavy atom. The van der Waals surface area contributed by atoms with Crippen LogP contribution in [0.4, 0.5) is 0 Å². The normalized spacial score (nSPS) is 21.8. The third-order valence-corrected chi connectivity index (χ3v) is 6.67. The molecule has 1 aromatic carbocycles. The molecule has 36 heavy (non-hydrogen) atoms. The number of carbonyl (C=O) groups excluding carboxylic acids is 1. The summed E-state index contributed by atoms with van der Waals surface area (Å²) in [5, 5.41) is 17.8. The lowest BCUT2D eigenvalue weighted by atomic mass is 10.1. The number of azide groups is 1. The zero-order valence-corrected chi connectivity index (χ0v) is 20.3. The van der Waals surface area contributed by atoms with Crippen LogP contribution in [0.2, 0.25) is 0 Å². The van der Waals surface area contributed by atoms with Gasteiger partial charge in [-0.25, -0.2) is 14.4 Å². The summed E-state index contributed by atoms with van der Waals surface area (Å²) in [5.41, 5.74) is 8.49. The molecule has 0 aliphatic carbocycles. The number of ether oxygens (including phenoxy) is 1. The second-order valence-corrected chi connectivity index (χ2v) is 9.66. The number of amides is 1. The van der Waals surface area contributed by atoms with E-state index in [4.69, 9.17) is 14.8 Å². The van der Waals surface area contributed by atoms with E-state index < -0.39 is 55.9 Å². The van der Waals surface area contributed by atoms with Gasteiger partial charge in [-0.3, -0.25) is 23.7 Å². The van der Waals surface area contributed by atoms with Gasteiger partial charge >= 0.3 is 13.4 Å². The van der Waals surface area contributed by atoms with Crippen LogP contribution in [0.5, 0.6) is 5.75 Å². The number of hydrogen-bond acceptors (Lipinski definition) is 8. The van der Waals surface area contributed by atoms with Crippen LogP contribution in [0.3, 0.4) is 0 Å². The van der Waals surface area contributed by atoms with Gasteiger partial charge < -0.3 is 20.1 Å². The lowest BCUT2D eigenvalue weighted by Crippen LogP contribution is -2.43. The fourth-order valence-corrected chi connectivity index (χ4v) is 4.70. The molecule has 1 fully saturated rings. The molecule has 1 saturated heterocycles. The summed E-state index contributed by atoms with van der Waals surface area (Å²) < 4.78 is 24.8. The molecule has 1 amide bonds. The maximum Gasteiger partial charge on any atom is 0.403 e. The summed E-state index contributed by atoms with van der Waals surface area (Å²) in [6, 6.07) is 3.98. The molecule has 2 heterocycles. The molecule has 0 saturated carbocycles. The van der Waals surface area contributed by atoms with Crippen molar-refractivity contribution in [3.63, 3.8) is 0 Å². The van der Waals surface area contributed by atoms with Crippen LogP contribution in [-0.2, 0) is 25.0 Å². The molecule has 1 aliphatic rings. The van der Waals surface area contributed by atoms with Crippen molar-refractivity contribution in [2.45, 2.75) is 44.2 Å². The van der Waals surface area contributed by atoms with Crippen LogP contribution in [-0.4, -0.2) is 57.3 Å². The highest BCUT2D eigenvalue weighted by atomic mass is 31.2. The molecule has 3 rings (SSSR count). The van der Waals surface area contributed by atoms with Crippen LogP contribution >= 0.6 is 7.75 Å². The number of H-pyrrole nitrogens is 1. The Balaban J connectivity index is 1.70. The Morgan fingerprint density at radius 3 is 2.75 bits per heavy atom. The van der Waals surface area contributed by atoms with E-state index in [9.17, 15) is 28.9 Å². The van der Waals surface area contributed by atoms with Gasteiger partial charge in [0.1, 0.15) is 18.0 Å². The number of phenols is 1. The number of aromatic amines is 1. The summed E-state index contributed by atoms with van der Waals surface area (Å²) in [5.74, 6) is -0.541. The van der Waals surface area contributed by atoms with E-state index in [1.165, 1.54) is 32.3 Å². The Morgan fingerprint density at radius 2 is 2.11 bits per heavy atom. The molecule has 0 bridgehead atoms. The number of nitrogens with one attached hydrogen (secondary N) is 3. The number of rotatable bonds is 10. The molecule has 5 N–H and O–H groups in total. The second-order valence-electron chi connectivity index (χ2n) is 8.10. The molecule has 0 spiro atoms. The van der Waals surface area contributed by atoms with Crippen molar-refractivity contribution in [2.75, 3.05) is 13.7 Å². The Bertz CT molecular complexity index is 1300. The number of hydrogen-bond donors (Lipinski definition) is 5. The first-order valence-electron chi connectivity index (χ1n) is 10.8. The first-order valence-corrected chi connectivity index (χ1v) is 12.4. The topological polar surface area (TPSA) is 221 Å². The highest BCUT2D eigenvalue weighted by Gasteiger charge is 2.38. The predicted molar refractivity (Wildman–Crippen MR) is 126 cm³/mol. The van der Waals surface area contributed by atoms with Gasteiger partial charge in [-0.1, -0.05) is 17.2 Å². The minimum absolute atomic E-state index is 0.0195. The van der Waals surface area contributed by atoms with Gasteiger partial charge in [-0.15, -0.1) is 0 Å². The molecule has 1 aromatic heterocycles. The lowest BCUT2D eigenvalue weighted by molar-refractivity contribution is -0.122. The summed E-state index contributed by atoms with van der Waals surface area (Å²) in [6.07, 6.45) is -0.544. The molecule has 1 unspecified atom stereocenters. The number of aromatic nitrogens is 2. The summed E-state index contributed by atoms with van der Waals surface area (Å²) in [4.78, 5) is 51.4. The average Bonchev–Trinajstić information content (AvgIpc) is 3.23. The van der Waals surface area contributed by atoms with Crippen molar-refractivity contribution in [1.29, 1.82) is 0 Å². The number of aromatic hydroxyl groups is 1. The molecule has 194 valence electrons. The van der Waals surface area contributed by atoms with E-state index in [0.29, 0.717) is 5.56 Å².